The lowest BCUT2D eigenvalue weighted by Gasteiger charge is -2.47. The molecule has 0 amide bonds. The van der Waals surface area contributed by atoms with Crippen LogP contribution in [0.5, 0.6) is 0 Å². The van der Waals surface area contributed by atoms with Gasteiger partial charge in [0.25, 0.3) is 0 Å². The zero-order valence-corrected chi connectivity index (χ0v) is 22.5. The van der Waals surface area contributed by atoms with Gasteiger partial charge in [0, 0.05) is 0 Å². The van der Waals surface area contributed by atoms with Crippen molar-refractivity contribution in [3.8, 4) is 0 Å². The Hall–Kier alpha value is -0.760. The van der Waals surface area contributed by atoms with Gasteiger partial charge in [0.1, 0.15) is 97.7 Å². The van der Waals surface area contributed by atoms with Crippen molar-refractivity contribution >= 4 is 0 Å². The van der Waals surface area contributed by atoms with Crippen LogP contribution in [-0.4, -0.2) is 200 Å². The van der Waals surface area contributed by atoms with Crippen molar-refractivity contribution in [1.29, 1.82) is 0 Å². The van der Waals surface area contributed by atoms with Crippen LogP contribution >= 0.6 is 0 Å². The molecular weight excluding hydrogens is 592 g/mol. The standard InChI is InChI=1S/C24H38O19/c25-1-5-9(27)11(29)12(30)22(38-5)41-17-8-4-36-20(17)15(33)24(40-8)43-18-10(28)6(2-26)39-23(14(18)32)42-16-7-3-35-19(16)13(31)21(34)37-7/h5-34H,1-4H2/t5-,6-,7?,8?,9+,10?,11+,12-,13?,14?,15?,16-,17-,18+,19?,20?,21?,22+,23+,24+/m1/s1. The first-order chi connectivity index (χ1) is 20.5. The summed E-state index contributed by atoms with van der Waals surface area (Å²) < 4.78 is 50.5. The summed E-state index contributed by atoms with van der Waals surface area (Å²) in [6.07, 6.45) is -27.5. The van der Waals surface area contributed by atoms with Crippen molar-refractivity contribution in [1.82, 2.24) is 0 Å². The van der Waals surface area contributed by atoms with E-state index in [0.29, 0.717) is 0 Å². The Morgan fingerprint density at radius 1 is 0.465 bits per heavy atom. The average molecular weight is 631 g/mol. The van der Waals surface area contributed by atoms with Crippen LogP contribution in [0.15, 0.2) is 0 Å². The highest BCUT2D eigenvalue weighted by Gasteiger charge is 2.58. The smallest absolute Gasteiger partial charge is 0.187 e. The quantitative estimate of drug-likeness (QED) is 0.119. The Morgan fingerprint density at radius 2 is 0.953 bits per heavy atom. The maximum atomic E-state index is 11.1. The molecule has 19 heteroatoms. The maximum absolute atomic E-state index is 11.1. The Balaban J connectivity index is 1.12. The van der Waals surface area contributed by atoms with Gasteiger partial charge in [-0.05, 0) is 0 Å². The second kappa shape index (κ2) is 12.8. The molecule has 248 valence electrons. The number of hydrogen-bond acceptors (Lipinski definition) is 19. The van der Waals surface area contributed by atoms with Crippen molar-refractivity contribution in [3.63, 3.8) is 0 Å². The van der Waals surface area contributed by atoms with Crippen molar-refractivity contribution in [3.05, 3.63) is 0 Å². The van der Waals surface area contributed by atoms with Crippen LogP contribution in [0.3, 0.4) is 0 Å². The van der Waals surface area contributed by atoms with Crippen molar-refractivity contribution < 1.29 is 93.7 Å². The lowest BCUT2D eigenvalue weighted by molar-refractivity contribution is -0.372. The second-order valence-electron chi connectivity index (χ2n) is 11.4. The van der Waals surface area contributed by atoms with Gasteiger partial charge in [-0.3, -0.25) is 0 Å². The number of rotatable bonds is 8. The van der Waals surface area contributed by atoms with Crippen LogP contribution in [0.4, 0.5) is 0 Å². The van der Waals surface area contributed by atoms with E-state index in [0.717, 1.165) is 0 Å². The molecule has 0 spiro atoms. The molecule has 43 heavy (non-hydrogen) atoms. The van der Waals surface area contributed by atoms with E-state index < -0.39 is 136 Å². The maximum Gasteiger partial charge on any atom is 0.187 e. The van der Waals surface area contributed by atoms with E-state index in [9.17, 15) is 51.1 Å². The first-order valence-electron chi connectivity index (χ1n) is 14.0. The molecule has 0 saturated carbocycles. The van der Waals surface area contributed by atoms with Gasteiger partial charge in [-0.15, -0.1) is 0 Å². The zero-order valence-electron chi connectivity index (χ0n) is 22.5. The molecule has 0 aromatic heterocycles. The summed E-state index contributed by atoms with van der Waals surface area (Å²) in [5.74, 6) is 0. The molecule has 0 aromatic carbocycles. The Kier molecular flexibility index (Phi) is 9.58. The third kappa shape index (κ3) is 5.73. The highest BCUT2D eigenvalue weighted by Crippen LogP contribution is 2.38. The summed E-state index contributed by atoms with van der Waals surface area (Å²) in [6, 6.07) is 0. The molecule has 6 aliphatic heterocycles. The van der Waals surface area contributed by atoms with Crippen LogP contribution in [0, 0.1) is 0 Å². The molecule has 6 heterocycles. The van der Waals surface area contributed by atoms with Crippen LogP contribution in [0.2, 0.25) is 0 Å². The number of aliphatic hydroxyl groups excluding tert-OH is 10. The van der Waals surface area contributed by atoms with E-state index in [1.165, 1.54) is 0 Å². The molecule has 19 nitrogen and oxygen atoms in total. The van der Waals surface area contributed by atoms with Crippen LogP contribution in [0.25, 0.3) is 0 Å². The molecule has 9 unspecified atom stereocenters. The molecule has 6 saturated heterocycles. The van der Waals surface area contributed by atoms with Crippen LogP contribution in [-0.2, 0) is 42.6 Å². The fourth-order valence-corrected chi connectivity index (χ4v) is 6.28. The molecule has 4 bridgehead atoms. The van der Waals surface area contributed by atoms with Crippen LogP contribution in [0.1, 0.15) is 0 Å². The van der Waals surface area contributed by atoms with Gasteiger partial charge in [0.15, 0.2) is 25.2 Å². The van der Waals surface area contributed by atoms with Gasteiger partial charge in [-0.1, -0.05) is 0 Å². The molecule has 10 N–H and O–H groups in total. The topological polar surface area (TPSA) is 285 Å². The normalized spacial score (nSPS) is 56.8. The summed E-state index contributed by atoms with van der Waals surface area (Å²) in [4.78, 5) is 0. The van der Waals surface area contributed by atoms with Crippen molar-refractivity contribution in [2.75, 3.05) is 26.4 Å². The minimum atomic E-state index is -1.72. The van der Waals surface area contributed by atoms with E-state index >= 15 is 0 Å². The summed E-state index contributed by atoms with van der Waals surface area (Å²) in [5, 5.41) is 103. The van der Waals surface area contributed by atoms with Gasteiger partial charge in [0.05, 0.1) is 26.4 Å². The zero-order chi connectivity index (χ0) is 30.7. The molecule has 6 fully saturated rings. The largest absolute Gasteiger partial charge is 0.394 e. The number of ether oxygens (including phenoxy) is 9. The van der Waals surface area contributed by atoms with E-state index in [1.54, 1.807) is 0 Å². The van der Waals surface area contributed by atoms with Gasteiger partial charge in [-0.25, -0.2) is 0 Å². The molecular formula is C24H38O19. The minimum Gasteiger partial charge on any atom is -0.394 e. The Bertz CT molecular complexity index is 944. The van der Waals surface area contributed by atoms with E-state index in [1.807, 2.05) is 0 Å². The number of hydrogen-bond donors (Lipinski definition) is 10. The lowest BCUT2D eigenvalue weighted by atomic mass is 9.96. The number of aliphatic hydroxyl groups is 10. The van der Waals surface area contributed by atoms with Gasteiger partial charge < -0.3 is 93.7 Å². The third-order valence-electron chi connectivity index (χ3n) is 8.70. The van der Waals surface area contributed by atoms with E-state index in [4.69, 9.17) is 42.6 Å². The molecule has 0 radical (unpaired) electrons. The molecule has 0 aliphatic carbocycles. The summed E-state index contributed by atoms with van der Waals surface area (Å²) in [6.45, 7) is -1.51. The molecule has 6 aliphatic rings. The average Bonchev–Trinajstić information content (AvgIpc) is 3.48. The van der Waals surface area contributed by atoms with Gasteiger partial charge in [0.2, 0.25) is 0 Å². The van der Waals surface area contributed by atoms with Crippen molar-refractivity contribution in [2.24, 2.45) is 0 Å². The number of fused-ring (bicyclic) bond motifs is 4. The summed E-state index contributed by atoms with van der Waals surface area (Å²) in [5.41, 5.74) is 0. The predicted molar refractivity (Wildman–Crippen MR) is 127 cm³/mol. The third-order valence-corrected chi connectivity index (χ3v) is 8.70. The van der Waals surface area contributed by atoms with E-state index in [2.05, 4.69) is 0 Å². The first kappa shape index (κ1) is 32.2. The highest BCUT2D eigenvalue weighted by atomic mass is 16.8. The monoisotopic (exact) mass is 630 g/mol. The highest BCUT2D eigenvalue weighted by molar-refractivity contribution is 5.01. The second-order valence-corrected chi connectivity index (χ2v) is 11.4. The SMILES string of the molecule is OC[C@H]1O[C@@H](O[C@@H]2C3COC2C(O)C(O)O3)C(O)[C@@H](O[C@@H]2OC3COC(C2O)[C@@H]3O[C@@H]2O[C@H](CO)[C@H](O)[C@H](O)[C@H]2O)C1O. The fourth-order valence-electron chi connectivity index (χ4n) is 6.28. The van der Waals surface area contributed by atoms with E-state index in [-0.39, 0.29) is 13.2 Å². The Morgan fingerprint density at radius 3 is 1.56 bits per heavy atom. The molecule has 20 atom stereocenters. The summed E-state index contributed by atoms with van der Waals surface area (Å²) >= 11 is 0. The predicted octanol–water partition coefficient (Wildman–Crippen LogP) is -7.66. The van der Waals surface area contributed by atoms with Crippen LogP contribution < -0.4 is 0 Å². The molecule has 6 rings (SSSR count). The minimum absolute atomic E-state index is 0.0184. The van der Waals surface area contributed by atoms with Crippen molar-refractivity contribution in [2.45, 2.75) is 123 Å². The Labute approximate surface area is 243 Å². The summed E-state index contributed by atoms with van der Waals surface area (Å²) in [7, 11) is 0. The first-order valence-corrected chi connectivity index (χ1v) is 14.0. The van der Waals surface area contributed by atoms with Gasteiger partial charge >= 0.3 is 0 Å². The molecule has 0 aromatic rings. The lowest BCUT2D eigenvalue weighted by Crippen LogP contribution is -2.65. The fraction of sp³-hybridized carbons (Fsp3) is 1.00. The van der Waals surface area contributed by atoms with Gasteiger partial charge in [-0.2, -0.15) is 0 Å².